The van der Waals surface area contributed by atoms with E-state index in [1.807, 2.05) is 0 Å². The van der Waals surface area contributed by atoms with Gasteiger partial charge in [-0.2, -0.15) is 10.2 Å². The lowest BCUT2D eigenvalue weighted by Crippen LogP contribution is -2.22. The Labute approximate surface area is 158 Å². The van der Waals surface area contributed by atoms with Crippen molar-refractivity contribution in [3.05, 3.63) is 47.5 Å². The zero-order valence-electron chi connectivity index (χ0n) is 15.0. The lowest BCUT2D eigenvalue weighted by atomic mass is 10.2. The molecule has 0 saturated carbocycles. The van der Waals surface area contributed by atoms with Crippen LogP contribution < -0.4 is 14.8 Å². The van der Waals surface area contributed by atoms with Crippen LogP contribution in [0.15, 0.2) is 36.7 Å². The van der Waals surface area contributed by atoms with Crippen molar-refractivity contribution in [1.82, 2.24) is 9.97 Å². The molecule has 0 atom stereocenters. The smallest absolute Gasteiger partial charge is 0.153 e. The topological polar surface area (TPSA) is 64.3 Å². The molecule has 3 rings (SSSR count). The average Bonchev–Trinajstić information content (AvgIpc) is 2.57. The first-order valence-electron chi connectivity index (χ1n) is 7.74. The van der Waals surface area contributed by atoms with Gasteiger partial charge >= 0.3 is 0 Å². The van der Waals surface area contributed by atoms with Gasteiger partial charge in [-0.15, -0.1) is 0 Å². The number of benzene rings is 2. The highest BCUT2D eigenvalue weighted by Gasteiger charge is 2.24. The number of fused-ring (bicyclic) bond motifs is 1. The summed E-state index contributed by atoms with van der Waals surface area (Å²) in [7, 11) is 0.231. The number of nitrogens with zero attached hydrogens (tertiary/aromatic N) is 3. The van der Waals surface area contributed by atoms with E-state index in [9.17, 15) is 4.39 Å². The van der Waals surface area contributed by atoms with E-state index in [2.05, 4.69) is 33.0 Å². The van der Waals surface area contributed by atoms with Crippen molar-refractivity contribution in [2.45, 2.75) is 0 Å². The van der Waals surface area contributed by atoms with Crippen molar-refractivity contribution in [1.29, 1.82) is 0 Å². The van der Waals surface area contributed by atoms with Crippen LogP contribution in [0, 0.1) is 5.82 Å². The highest BCUT2D eigenvalue weighted by molar-refractivity contribution is 8.33. The molecule has 3 aromatic rings. The van der Waals surface area contributed by atoms with E-state index in [4.69, 9.17) is 22.1 Å². The van der Waals surface area contributed by atoms with Crippen LogP contribution in [0.1, 0.15) is 0 Å². The second kappa shape index (κ2) is 6.81. The minimum absolute atomic E-state index is 0.0655. The van der Waals surface area contributed by atoms with Crippen LogP contribution in [0.5, 0.6) is 5.75 Å². The number of ether oxygens (including phenoxy) is 1. The number of anilines is 3. The van der Waals surface area contributed by atoms with E-state index in [1.54, 1.807) is 31.4 Å². The molecular weight excluding hydrogens is 375 g/mol. The van der Waals surface area contributed by atoms with Crippen LogP contribution in [-0.2, 0) is 0 Å². The van der Waals surface area contributed by atoms with Gasteiger partial charge in [0.05, 0.1) is 29.0 Å². The molecule has 138 valence electrons. The minimum Gasteiger partial charge on any atom is -0.495 e. The highest BCUT2D eigenvalue weighted by atomic mass is 35.5. The van der Waals surface area contributed by atoms with Crippen LogP contribution in [0.2, 0.25) is 5.02 Å². The molecule has 1 aromatic heterocycles. The van der Waals surface area contributed by atoms with Crippen molar-refractivity contribution in [2.75, 3.05) is 35.9 Å². The van der Waals surface area contributed by atoms with E-state index in [0.29, 0.717) is 22.8 Å². The van der Waals surface area contributed by atoms with Crippen LogP contribution in [0.25, 0.3) is 10.9 Å². The van der Waals surface area contributed by atoms with Crippen LogP contribution in [0.3, 0.4) is 0 Å². The molecule has 8 heteroatoms. The number of hydrogen-bond acceptors (Lipinski definition) is 5. The number of nitrogens with two attached hydrogens (primary N) is 1. The maximum atomic E-state index is 13.7. The molecule has 0 saturated heterocycles. The van der Waals surface area contributed by atoms with Crippen molar-refractivity contribution < 1.29 is 9.13 Å². The van der Waals surface area contributed by atoms with E-state index >= 15 is 0 Å². The third-order valence-electron chi connectivity index (χ3n) is 3.84. The second-order valence-corrected chi connectivity index (χ2v) is 10.8. The minimum atomic E-state index is -1.33. The van der Waals surface area contributed by atoms with Gasteiger partial charge in [-0.3, -0.25) is 4.31 Å². The van der Waals surface area contributed by atoms with Gasteiger partial charge < -0.3 is 10.5 Å². The molecule has 2 N–H and O–H groups in total. The monoisotopic (exact) mass is 394 g/mol. The summed E-state index contributed by atoms with van der Waals surface area (Å²) >= 11 is 6.02. The summed E-state index contributed by atoms with van der Waals surface area (Å²) in [5.41, 5.74) is 8.06. The number of halogens is 2. The van der Waals surface area contributed by atoms with E-state index in [1.165, 1.54) is 12.4 Å². The molecule has 5 nitrogen and oxygen atoms in total. The number of rotatable bonds is 4. The van der Waals surface area contributed by atoms with Crippen molar-refractivity contribution in [3.8, 4) is 5.75 Å². The quantitative estimate of drug-likeness (QED) is 0.646. The number of methoxy groups -OCH3 is 1. The number of hydrogen-bond donors (Lipinski definition) is 1. The van der Waals surface area contributed by atoms with Gasteiger partial charge in [0.15, 0.2) is 5.82 Å². The summed E-state index contributed by atoms with van der Waals surface area (Å²) in [6.07, 6.45) is 7.85. The Hall–Kier alpha value is -2.25. The van der Waals surface area contributed by atoms with Gasteiger partial charge in [0.2, 0.25) is 0 Å². The summed E-state index contributed by atoms with van der Waals surface area (Å²) in [6, 6.07) is 8.24. The normalized spacial score (nSPS) is 12.2. The fourth-order valence-corrected chi connectivity index (χ4v) is 4.32. The molecule has 0 radical (unpaired) electrons. The zero-order chi connectivity index (χ0) is 19.1. The SMILES string of the molecule is COc1cc2ncnc(N(c3ccc(F)c(Cl)c3)S(C)(C)C)c2cc1N. The summed E-state index contributed by atoms with van der Waals surface area (Å²) in [6.45, 7) is 0. The molecule has 26 heavy (non-hydrogen) atoms. The van der Waals surface area contributed by atoms with Gasteiger partial charge in [-0.25, -0.2) is 14.4 Å². The van der Waals surface area contributed by atoms with Crippen molar-refractivity contribution in [3.63, 3.8) is 0 Å². The van der Waals surface area contributed by atoms with Gasteiger partial charge in [-0.05, 0) is 43.0 Å². The zero-order valence-corrected chi connectivity index (χ0v) is 16.5. The third-order valence-corrected chi connectivity index (χ3v) is 5.61. The highest BCUT2D eigenvalue weighted by Crippen LogP contribution is 2.51. The van der Waals surface area contributed by atoms with Crippen LogP contribution in [0.4, 0.5) is 21.6 Å². The van der Waals surface area contributed by atoms with Crippen LogP contribution >= 0.6 is 21.8 Å². The Balaban J connectivity index is 2.28. The fourth-order valence-electron chi connectivity index (χ4n) is 2.73. The largest absolute Gasteiger partial charge is 0.495 e. The molecule has 0 fully saturated rings. The Kier molecular flexibility index (Phi) is 4.86. The third kappa shape index (κ3) is 3.37. The van der Waals surface area contributed by atoms with Gasteiger partial charge in [-0.1, -0.05) is 11.6 Å². The van der Waals surface area contributed by atoms with Gasteiger partial charge in [0, 0.05) is 11.5 Å². The Morgan fingerprint density at radius 3 is 2.50 bits per heavy atom. The standard InChI is InChI=1S/C18H20ClFN4OS/c1-25-17-9-16-12(8-15(17)21)18(23-10-22-16)24(26(2,3)4)11-5-6-14(20)13(19)7-11/h5-10H,21H2,1-4H3. The molecule has 1 heterocycles. The van der Waals surface area contributed by atoms with Gasteiger partial charge in [0.1, 0.15) is 17.9 Å². The van der Waals surface area contributed by atoms with E-state index in [0.717, 1.165) is 11.1 Å². The molecule has 0 aliphatic heterocycles. The lowest BCUT2D eigenvalue weighted by molar-refractivity contribution is 0.417. The van der Waals surface area contributed by atoms with Gasteiger partial charge in [0.25, 0.3) is 0 Å². The van der Waals surface area contributed by atoms with E-state index < -0.39 is 16.0 Å². The van der Waals surface area contributed by atoms with Crippen molar-refractivity contribution >= 4 is 49.9 Å². The number of aromatic nitrogens is 2. The molecule has 2 aromatic carbocycles. The predicted molar refractivity (Wildman–Crippen MR) is 109 cm³/mol. The predicted octanol–water partition coefficient (Wildman–Crippen LogP) is 4.76. The molecular formula is C18H20ClFN4OS. The lowest BCUT2D eigenvalue weighted by Gasteiger charge is -2.41. The summed E-state index contributed by atoms with van der Waals surface area (Å²) < 4.78 is 21.0. The number of nitrogen functional groups attached to an aromatic ring is 1. The first kappa shape index (κ1) is 18.5. The molecule has 0 aliphatic rings. The average molecular weight is 395 g/mol. The Bertz CT molecular complexity index is 977. The Morgan fingerprint density at radius 1 is 1.15 bits per heavy atom. The molecule has 0 amide bonds. The summed E-state index contributed by atoms with van der Waals surface area (Å²) in [5, 5.41) is 0.851. The fraction of sp³-hybridized carbons (Fsp3) is 0.222. The van der Waals surface area contributed by atoms with E-state index in [-0.39, 0.29) is 5.02 Å². The van der Waals surface area contributed by atoms with Crippen LogP contribution in [-0.4, -0.2) is 35.8 Å². The summed E-state index contributed by atoms with van der Waals surface area (Å²) in [4.78, 5) is 8.83. The molecule has 0 bridgehead atoms. The maximum absolute atomic E-state index is 13.7. The maximum Gasteiger partial charge on any atom is 0.153 e. The molecule has 0 unspecified atom stereocenters. The molecule has 0 spiro atoms. The molecule has 0 aliphatic carbocycles. The first-order chi connectivity index (χ1) is 12.2. The summed E-state index contributed by atoms with van der Waals surface area (Å²) in [5.74, 6) is 0.789. The first-order valence-corrected chi connectivity index (χ1v) is 10.9. The van der Waals surface area contributed by atoms with Crippen molar-refractivity contribution in [2.24, 2.45) is 0 Å². The second-order valence-electron chi connectivity index (χ2n) is 6.47. The Morgan fingerprint density at radius 2 is 1.88 bits per heavy atom.